The van der Waals surface area contributed by atoms with Gasteiger partial charge in [0.15, 0.2) is 0 Å². The van der Waals surface area contributed by atoms with Crippen LogP contribution in [-0.2, 0) is 20.4 Å². The number of allylic oxidation sites excluding steroid dienone is 4. The molecule has 8 aliphatic rings. The van der Waals surface area contributed by atoms with E-state index in [9.17, 15) is 19.2 Å². The highest BCUT2D eigenvalue weighted by atomic mass is 16.2. The fourth-order valence-electron chi connectivity index (χ4n) is 9.77. The zero-order chi connectivity index (χ0) is 26.9. The summed E-state index contributed by atoms with van der Waals surface area (Å²) in [6.07, 6.45) is 10.6. The lowest BCUT2D eigenvalue weighted by atomic mass is 9.34. The lowest BCUT2D eigenvalue weighted by Gasteiger charge is -2.69. The lowest BCUT2D eigenvalue weighted by Crippen LogP contribution is -2.72. The Morgan fingerprint density at radius 2 is 1.41 bits per heavy atom. The maximum atomic E-state index is 14.0. The minimum absolute atomic E-state index is 0.0541. The van der Waals surface area contributed by atoms with Crippen molar-refractivity contribution in [2.75, 3.05) is 13.1 Å². The monoisotopic (exact) mass is 522 g/mol. The van der Waals surface area contributed by atoms with E-state index in [0.29, 0.717) is 49.7 Å². The average molecular weight is 523 g/mol. The van der Waals surface area contributed by atoms with Crippen molar-refractivity contribution in [3.05, 3.63) is 69.6 Å². The van der Waals surface area contributed by atoms with E-state index in [0.717, 1.165) is 46.5 Å². The minimum atomic E-state index is -0.514. The van der Waals surface area contributed by atoms with Gasteiger partial charge in [-0.05, 0) is 81.0 Å². The van der Waals surface area contributed by atoms with E-state index < -0.39 is 10.8 Å². The zero-order valence-corrected chi connectivity index (χ0v) is 22.4. The fraction of sp³-hybridized carbons (Fsp3) is 0.484. The highest BCUT2D eigenvalue weighted by Gasteiger charge is 2.78. The molecule has 2 aromatic heterocycles. The van der Waals surface area contributed by atoms with E-state index >= 15 is 0 Å². The SMILES string of the molecule is Cc1c[nH]c2c1C1(C)CCN(C(=O)C34CC(C(=O)N5CC6CC67C5=CC(=O)c5[nH]cc(C)c57)(C3)C4)C1=CC2=O. The van der Waals surface area contributed by atoms with Crippen molar-refractivity contribution in [2.45, 2.75) is 63.7 Å². The molecule has 10 rings (SSSR count). The van der Waals surface area contributed by atoms with Gasteiger partial charge in [0.05, 0.1) is 22.2 Å². The Bertz CT molecular complexity index is 1580. The van der Waals surface area contributed by atoms with Crippen molar-refractivity contribution < 1.29 is 19.2 Å². The molecule has 3 unspecified atom stereocenters. The normalized spacial score (nSPS) is 38.1. The number of fused-ring (bicyclic) bond motifs is 4. The second-order valence-electron chi connectivity index (χ2n) is 13.6. The van der Waals surface area contributed by atoms with Gasteiger partial charge in [-0.3, -0.25) is 19.2 Å². The van der Waals surface area contributed by atoms with E-state index in [1.807, 2.05) is 36.0 Å². The molecule has 198 valence electrons. The highest BCUT2D eigenvalue weighted by molar-refractivity contribution is 6.09. The number of likely N-dealkylation sites (tertiary alicyclic amines) is 2. The van der Waals surface area contributed by atoms with Gasteiger partial charge < -0.3 is 19.8 Å². The van der Waals surface area contributed by atoms with Crippen molar-refractivity contribution in [1.82, 2.24) is 19.8 Å². The number of nitrogens with zero attached hydrogens (tertiary/aromatic N) is 2. The fourth-order valence-corrected chi connectivity index (χ4v) is 9.77. The van der Waals surface area contributed by atoms with Gasteiger partial charge in [-0.2, -0.15) is 0 Å². The van der Waals surface area contributed by atoms with Gasteiger partial charge in [0.25, 0.3) is 0 Å². The predicted octanol–water partition coefficient (Wildman–Crippen LogP) is 3.58. The van der Waals surface area contributed by atoms with E-state index in [4.69, 9.17) is 0 Å². The van der Waals surface area contributed by atoms with Gasteiger partial charge in [-0.1, -0.05) is 0 Å². The molecule has 0 radical (unpaired) electrons. The van der Waals surface area contributed by atoms with Gasteiger partial charge in [0.1, 0.15) is 0 Å². The summed E-state index contributed by atoms with van der Waals surface area (Å²) in [5.41, 5.74) is 5.67. The standard InChI is InChI=1S/C31H30N4O4/c1-15-9-32-24-18(36)6-20-28(3,22(15)24)4-5-34(20)26(38)29-12-30(13-29,14-29)27(39)35-11-17-8-31(17)21(35)7-19(37)25-23(31)16(2)10-33-25/h6-7,9-10,17,32-33H,4-5,8,11-14H2,1-3H3. The Hall–Kier alpha value is -3.68. The van der Waals surface area contributed by atoms with E-state index in [2.05, 4.69) is 16.9 Å². The highest BCUT2D eigenvalue weighted by Crippen LogP contribution is 2.76. The number of amides is 2. The third-order valence-electron chi connectivity index (χ3n) is 11.6. The number of nitrogens with one attached hydrogen (secondary N) is 2. The van der Waals surface area contributed by atoms with Crippen LogP contribution in [0.1, 0.15) is 82.3 Å². The number of hydrogen-bond donors (Lipinski definition) is 2. The summed E-state index contributed by atoms with van der Waals surface area (Å²) in [7, 11) is 0. The summed E-state index contributed by atoms with van der Waals surface area (Å²) in [6.45, 7) is 7.43. The molecule has 8 nitrogen and oxygen atoms in total. The van der Waals surface area contributed by atoms with E-state index in [1.165, 1.54) is 0 Å². The van der Waals surface area contributed by atoms with Crippen molar-refractivity contribution in [2.24, 2.45) is 16.7 Å². The predicted molar refractivity (Wildman–Crippen MR) is 140 cm³/mol. The van der Waals surface area contributed by atoms with Crippen LogP contribution < -0.4 is 0 Å². The Kier molecular flexibility index (Phi) is 3.53. The first-order valence-corrected chi connectivity index (χ1v) is 14.1. The smallest absolute Gasteiger partial charge is 0.233 e. The quantitative estimate of drug-likeness (QED) is 0.629. The van der Waals surface area contributed by atoms with Crippen LogP contribution in [0.25, 0.3) is 0 Å². The maximum absolute atomic E-state index is 14.0. The van der Waals surface area contributed by atoms with Crippen LogP contribution in [0.15, 0.2) is 35.9 Å². The molecule has 2 N–H and O–H groups in total. The van der Waals surface area contributed by atoms with Gasteiger partial charge in [-0.25, -0.2) is 0 Å². The molecule has 39 heavy (non-hydrogen) atoms. The van der Waals surface area contributed by atoms with Gasteiger partial charge >= 0.3 is 0 Å². The van der Waals surface area contributed by atoms with E-state index in [1.54, 1.807) is 12.2 Å². The number of aromatic nitrogens is 2. The summed E-state index contributed by atoms with van der Waals surface area (Å²) in [4.78, 5) is 63.8. The molecule has 2 bridgehead atoms. The molecule has 0 aromatic carbocycles. The summed E-state index contributed by atoms with van der Waals surface area (Å²) in [6, 6.07) is 0. The van der Waals surface area contributed by atoms with Crippen molar-refractivity contribution >= 4 is 23.4 Å². The molecule has 2 aromatic rings. The Morgan fingerprint density at radius 1 is 0.846 bits per heavy atom. The molecular weight excluding hydrogens is 492 g/mol. The third kappa shape index (κ3) is 2.21. The number of carbonyl (C=O) groups excluding carboxylic acids is 4. The average Bonchev–Trinajstić information content (AvgIpc) is 3.22. The van der Waals surface area contributed by atoms with Crippen LogP contribution in [0.3, 0.4) is 0 Å². The molecule has 4 saturated carbocycles. The van der Waals surface area contributed by atoms with Crippen molar-refractivity contribution in [1.29, 1.82) is 0 Å². The largest absolute Gasteiger partial charge is 0.358 e. The molecule has 1 spiro atoms. The first-order chi connectivity index (χ1) is 18.5. The maximum Gasteiger partial charge on any atom is 0.233 e. The second kappa shape index (κ2) is 6.21. The molecule has 6 aliphatic carbocycles. The topological polar surface area (TPSA) is 106 Å². The molecule has 8 heteroatoms. The molecule has 3 atom stereocenters. The van der Waals surface area contributed by atoms with Crippen LogP contribution in [0.2, 0.25) is 0 Å². The van der Waals surface area contributed by atoms with Gasteiger partial charge in [0.2, 0.25) is 23.4 Å². The summed E-state index contributed by atoms with van der Waals surface area (Å²) >= 11 is 0. The van der Waals surface area contributed by atoms with Crippen LogP contribution in [0.4, 0.5) is 0 Å². The number of H-pyrrole nitrogens is 2. The van der Waals surface area contributed by atoms with Gasteiger partial charge in [-0.15, -0.1) is 0 Å². The van der Waals surface area contributed by atoms with Crippen LogP contribution >= 0.6 is 0 Å². The molecule has 4 heterocycles. The molecule has 2 aliphatic heterocycles. The minimum Gasteiger partial charge on any atom is -0.358 e. The first kappa shape index (κ1) is 22.2. The molecule has 2 amide bonds. The number of aromatic amines is 2. The Morgan fingerprint density at radius 3 is 2.08 bits per heavy atom. The zero-order valence-electron chi connectivity index (χ0n) is 22.4. The number of ketones is 2. The number of rotatable bonds is 2. The van der Waals surface area contributed by atoms with Gasteiger partial charge in [0, 0.05) is 59.9 Å². The van der Waals surface area contributed by atoms with Crippen LogP contribution in [0, 0.1) is 30.6 Å². The second-order valence-corrected chi connectivity index (χ2v) is 13.6. The third-order valence-corrected chi connectivity index (χ3v) is 11.6. The Balaban J connectivity index is 0.969. The lowest BCUT2D eigenvalue weighted by molar-refractivity contribution is -0.219. The van der Waals surface area contributed by atoms with Crippen molar-refractivity contribution in [3.8, 4) is 0 Å². The molecule has 6 fully saturated rings. The number of aryl methyl sites for hydroxylation is 2. The number of piperidine rings is 1. The first-order valence-electron chi connectivity index (χ1n) is 14.1. The van der Waals surface area contributed by atoms with E-state index in [-0.39, 0.29) is 34.2 Å². The molecule has 2 saturated heterocycles. The summed E-state index contributed by atoms with van der Waals surface area (Å²) < 4.78 is 0. The number of carbonyl (C=O) groups is 4. The Labute approximate surface area is 225 Å². The van der Waals surface area contributed by atoms with Crippen LogP contribution in [-0.4, -0.2) is 56.2 Å². The summed E-state index contributed by atoms with van der Waals surface area (Å²) in [5, 5.41) is 0. The molecular formula is C31H30N4O4. The van der Waals surface area contributed by atoms with Crippen molar-refractivity contribution in [3.63, 3.8) is 0 Å². The van der Waals surface area contributed by atoms with Crippen LogP contribution in [0.5, 0.6) is 0 Å². The number of hydrogen-bond acceptors (Lipinski definition) is 4. The summed E-state index contributed by atoms with van der Waals surface area (Å²) in [5.74, 6) is 0.382.